The van der Waals surface area contributed by atoms with Gasteiger partial charge in [0.1, 0.15) is 0 Å². The van der Waals surface area contributed by atoms with Crippen LogP contribution >= 0.6 is 0 Å². The zero-order chi connectivity index (χ0) is 13.1. The topological polar surface area (TPSA) is 37.3 Å². The molecule has 0 saturated heterocycles. The van der Waals surface area contributed by atoms with Crippen molar-refractivity contribution in [2.45, 2.75) is 46.5 Å². The SMILES string of the molecule is CCCCC(CC)C(=O)O.Cc1ccccc1.[Gd]. The summed E-state index contributed by atoms with van der Waals surface area (Å²) < 4.78 is 0. The summed E-state index contributed by atoms with van der Waals surface area (Å²) in [4.78, 5) is 10.4. The Bertz CT molecular complexity index is 299. The molecular formula is C15H24GdO2. The van der Waals surface area contributed by atoms with Gasteiger partial charge in [-0.05, 0) is 19.8 Å². The first kappa shape index (κ1) is 20.3. The Hall–Kier alpha value is 0.0147. The number of unbranched alkanes of at least 4 members (excludes halogenated alkanes) is 1. The number of hydrogen-bond acceptors (Lipinski definition) is 1. The molecule has 0 saturated carbocycles. The molecule has 1 aromatic rings. The minimum absolute atomic E-state index is 0. The van der Waals surface area contributed by atoms with Gasteiger partial charge in [-0.2, -0.15) is 0 Å². The van der Waals surface area contributed by atoms with Gasteiger partial charge in [0.2, 0.25) is 0 Å². The molecule has 1 atom stereocenters. The van der Waals surface area contributed by atoms with E-state index in [0.29, 0.717) is 0 Å². The molecule has 0 amide bonds. The first-order valence-electron chi connectivity index (χ1n) is 6.36. The summed E-state index contributed by atoms with van der Waals surface area (Å²) in [6, 6.07) is 10.3. The molecule has 1 aromatic carbocycles. The van der Waals surface area contributed by atoms with Crippen molar-refractivity contribution in [2.24, 2.45) is 5.92 Å². The molecule has 3 heteroatoms. The van der Waals surface area contributed by atoms with Crippen LogP contribution in [0.5, 0.6) is 0 Å². The molecule has 18 heavy (non-hydrogen) atoms. The first-order chi connectivity index (χ1) is 8.11. The number of benzene rings is 1. The number of aliphatic carboxylic acids is 1. The van der Waals surface area contributed by atoms with Gasteiger partial charge < -0.3 is 5.11 Å². The molecule has 2 nitrogen and oxygen atoms in total. The minimum atomic E-state index is -0.643. The Kier molecular flexibility index (Phi) is 15.2. The maximum absolute atomic E-state index is 10.4. The van der Waals surface area contributed by atoms with Gasteiger partial charge in [-0.15, -0.1) is 0 Å². The average molecular weight is 394 g/mol. The van der Waals surface area contributed by atoms with Gasteiger partial charge in [0.25, 0.3) is 0 Å². The fraction of sp³-hybridized carbons (Fsp3) is 0.533. The number of carbonyl (C=O) groups is 1. The molecular weight excluding hydrogens is 369 g/mol. The molecule has 104 valence electrons. The van der Waals surface area contributed by atoms with Gasteiger partial charge >= 0.3 is 5.97 Å². The first-order valence-corrected chi connectivity index (χ1v) is 6.36. The maximum atomic E-state index is 10.4. The van der Waals surface area contributed by atoms with Crippen LogP contribution in [-0.2, 0) is 4.79 Å². The summed E-state index contributed by atoms with van der Waals surface area (Å²) in [5, 5.41) is 8.60. The maximum Gasteiger partial charge on any atom is 0.306 e. The summed E-state index contributed by atoms with van der Waals surface area (Å²) in [5.74, 6) is -0.754. The monoisotopic (exact) mass is 394 g/mol. The summed E-state index contributed by atoms with van der Waals surface area (Å²) >= 11 is 0. The number of carboxylic acids is 1. The predicted molar refractivity (Wildman–Crippen MR) is 72.1 cm³/mol. The summed E-state index contributed by atoms with van der Waals surface area (Å²) in [6.07, 6.45) is 3.71. The summed E-state index contributed by atoms with van der Waals surface area (Å²) in [5.41, 5.74) is 1.32. The molecule has 0 heterocycles. The van der Waals surface area contributed by atoms with Gasteiger partial charge in [0.15, 0.2) is 0 Å². The van der Waals surface area contributed by atoms with Crippen molar-refractivity contribution in [3.05, 3.63) is 35.9 Å². The van der Waals surface area contributed by atoms with E-state index in [4.69, 9.17) is 5.11 Å². The largest absolute Gasteiger partial charge is 0.481 e. The molecule has 1 N–H and O–H groups in total. The minimum Gasteiger partial charge on any atom is -0.481 e. The number of rotatable bonds is 5. The second kappa shape index (κ2) is 13.4. The second-order valence-corrected chi connectivity index (χ2v) is 4.24. The van der Waals surface area contributed by atoms with Crippen molar-refractivity contribution in [3.63, 3.8) is 0 Å². The molecule has 0 aliphatic carbocycles. The summed E-state index contributed by atoms with van der Waals surface area (Å²) in [7, 11) is 0. The van der Waals surface area contributed by atoms with E-state index in [1.165, 1.54) is 5.56 Å². The van der Waals surface area contributed by atoms with Crippen LogP contribution in [0.3, 0.4) is 0 Å². The standard InChI is InChI=1S/C8H16O2.C7H8.Gd/c1-3-5-6-7(4-2)8(9)10;1-7-5-3-2-4-6-7;/h7H,3-6H2,1-2H3,(H,9,10);2-6H,1H3;. The third-order valence-corrected chi connectivity index (χ3v) is 2.69. The molecule has 1 rings (SSSR count). The molecule has 0 radical (unpaired) electrons. The van der Waals surface area contributed by atoms with Crippen molar-refractivity contribution in [2.75, 3.05) is 0 Å². The molecule has 1 unspecified atom stereocenters. The van der Waals surface area contributed by atoms with Gasteiger partial charge in [-0.1, -0.05) is 62.6 Å². The molecule has 0 aromatic heterocycles. The Morgan fingerprint density at radius 1 is 1.22 bits per heavy atom. The van der Waals surface area contributed by atoms with Gasteiger partial charge in [0, 0.05) is 39.9 Å². The van der Waals surface area contributed by atoms with Crippen LogP contribution in [0.4, 0.5) is 0 Å². The van der Waals surface area contributed by atoms with Crippen LogP contribution in [0, 0.1) is 52.8 Å². The van der Waals surface area contributed by atoms with Gasteiger partial charge in [-0.3, -0.25) is 4.79 Å². The van der Waals surface area contributed by atoms with Crippen molar-refractivity contribution < 1.29 is 49.8 Å². The molecule has 0 spiro atoms. The zero-order valence-electron chi connectivity index (χ0n) is 11.5. The Balaban J connectivity index is 0. The van der Waals surface area contributed by atoms with Crippen LogP contribution in [0.25, 0.3) is 0 Å². The van der Waals surface area contributed by atoms with Crippen molar-refractivity contribution >= 4 is 5.97 Å². The molecule has 0 aliphatic heterocycles. The average Bonchev–Trinajstić information content (AvgIpc) is 2.31. The summed E-state index contributed by atoms with van der Waals surface area (Å²) in [6.45, 7) is 6.09. The van der Waals surface area contributed by atoms with Crippen LogP contribution in [0.2, 0.25) is 0 Å². The number of aryl methyl sites for hydroxylation is 1. The van der Waals surface area contributed by atoms with Gasteiger partial charge in [-0.25, -0.2) is 0 Å². The van der Waals surface area contributed by atoms with E-state index < -0.39 is 5.97 Å². The van der Waals surface area contributed by atoms with E-state index in [-0.39, 0.29) is 45.9 Å². The van der Waals surface area contributed by atoms with Crippen molar-refractivity contribution in [1.29, 1.82) is 0 Å². The predicted octanol–water partition coefficient (Wildman–Crippen LogP) is 4.28. The van der Waals surface area contributed by atoms with E-state index >= 15 is 0 Å². The van der Waals surface area contributed by atoms with E-state index in [1.54, 1.807) is 0 Å². The van der Waals surface area contributed by atoms with E-state index in [9.17, 15) is 4.79 Å². The third-order valence-electron chi connectivity index (χ3n) is 2.69. The molecule has 0 fully saturated rings. The Morgan fingerprint density at radius 2 is 1.78 bits per heavy atom. The Morgan fingerprint density at radius 3 is 2.06 bits per heavy atom. The smallest absolute Gasteiger partial charge is 0.306 e. The van der Waals surface area contributed by atoms with Crippen molar-refractivity contribution in [1.82, 2.24) is 0 Å². The Labute approximate surface area is 143 Å². The van der Waals surface area contributed by atoms with Gasteiger partial charge in [0.05, 0.1) is 5.92 Å². The quantitative estimate of drug-likeness (QED) is 0.811. The van der Waals surface area contributed by atoms with E-state index in [0.717, 1.165) is 25.7 Å². The molecule has 0 bridgehead atoms. The van der Waals surface area contributed by atoms with E-state index in [1.807, 2.05) is 25.1 Å². The van der Waals surface area contributed by atoms with E-state index in [2.05, 4.69) is 26.0 Å². The van der Waals surface area contributed by atoms with Crippen LogP contribution in [0.15, 0.2) is 30.3 Å². The third kappa shape index (κ3) is 11.1. The zero-order valence-corrected chi connectivity index (χ0v) is 13.8. The van der Waals surface area contributed by atoms with Crippen molar-refractivity contribution in [3.8, 4) is 0 Å². The fourth-order valence-corrected chi connectivity index (χ4v) is 1.49. The van der Waals surface area contributed by atoms with Crippen LogP contribution < -0.4 is 0 Å². The number of hydrogen-bond donors (Lipinski definition) is 1. The van der Waals surface area contributed by atoms with Crippen LogP contribution in [0.1, 0.15) is 45.1 Å². The fourth-order valence-electron chi connectivity index (χ4n) is 1.49. The number of carboxylic acid groups (broad SMARTS) is 1. The second-order valence-electron chi connectivity index (χ2n) is 4.24. The van der Waals surface area contributed by atoms with Crippen LogP contribution in [-0.4, -0.2) is 11.1 Å². The normalized spacial score (nSPS) is 10.6. The molecule has 0 aliphatic rings.